The number of rotatable bonds is 4. The minimum Gasteiger partial charge on any atom is -0.475 e. The highest BCUT2D eigenvalue weighted by molar-refractivity contribution is 5.91. The van der Waals surface area contributed by atoms with Crippen LogP contribution < -0.4 is 5.32 Å². The van der Waals surface area contributed by atoms with Crippen molar-refractivity contribution in [2.45, 2.75) is 44.6 Å². The molecular formula is C19H24F3N7O3. The number of hydrogen-bond donors (Lipinski definition) is 2. The summed E-state index contributed by atoms with van der Waals surface area (Å²) in [5.74, 6) is -0.200. The van der Waals surface area contributed by atoms with Crippen LogP contribution in [0.25, 0.3) is 0 Å². The molecule has 2 aromatic heterocycles. The molecule has 3 aliphatic rings. The second-order valence-electron chi connectivity index (χ2n) is 8.54. The van der Waals surface area contributed by atoms with E-state index in [1.807, 2.05) is 22.5 Å². The van der Waals surface area contributed by atoms with Gasteiger partial charge < -0.3 is 15.0 Å². The lowest BCUT2D eigenvalue weighted by Crippen LogP contribution is -2.33. The van der Waals surface area contributed by atoms with Gasteiger partial charge in [0.1, 0.15) is 5.82 Å². The third-order valence-electron chi connectivity index (χ3n) is 5.86. The summed E-state index contributed by atoms with van der Waals surface area (Å²) in [4.78, 5) is 23.8. The van der Waals surface area contributed by atoms with Crippen LogP contribution in [0.5, 0.6) is 0 Å². The van der Waals surface area contributed by atoms with Crippen LogP contribution in [0, 0.1) is 11.8 Å². The summed E-state index contributed by atoms with van der Waals surface area (Å²) in [6.07, 6.45) is 2.02. The monoisotopic (exact) mass is 455 g/mol. The van der Waals surface area contributed by atoms with Crippen molar-refractivity contribution >= 4 is 11.9 Å². The standard InChI is InChI=1S/C17H23N7O.C2HF3O2/c1-22-6-11(5-18-22)7-23-8-12-4-15-20-21-16(17(25)19-14-2-3-14)24(15)10-13(12)9-23;3-2(4,5)1(6)7/h5-6,12-14H,2-4,7-10H2,1H3,(H,19,25);(H,6,7). The van der Waals surface area contributed by atoms with Gasteiger partial charge in [-0.3, -0.25) is 14.4 Å². The first-order valence-corrected chi connectivity index (χ1v) is 10.3. The Morgan fingerprint density at radius 1 is 1.19 bits per heavy atom. The molecule has 0 bridgehead atoms. The maximum atomic E-state index is 12.4. The van der Waals surface area contributed by atoms with Crippen LogP contribution in [0.2, 0.25) is 0 Å². The summed E-state index contributed by atoms with van der Waals surface area (Å²) >= 11 is 0. The Balaban J connectivity index is 0.000000307. The number of aryl methyl sites for hydroxylation is 1. The maximum absolute atomic E-state index is 12.4. The lowest BCUT2D eigenvalue weighted by molar-refractivity contribution is -0.192. The predicted octanol–water partition coefficient (Wildman–Crippen LogP) is 0.841. The van der Waals surface area contributed by atoms with Gasteiger partial charge in [0.25, 0.3) is 5.91 Å². The number of carbonyl (C=O) groups excluding carboxylic acids is 1. The Morgan fingerprint density at radius 2 is 1.88 bits per heavy atom. The molecule has 4 heterocycles. The average Bonchev–Trinajstić information content (AvgIpc) is 3.08. The minimum atomic E-state index is -5.08. The number of aliphatic carboxylic acids is 1. The second-order valence-corrected chi connectivity index (χ2v) is 8.54. The number of fused-ring (bicyclic) bond motifs is 2. The fraction of sp³-hybridized carbons (Fsp3) is 0.632. The predicted molar refractivity (Wildman–Crippen MR) is 103 cm³/mol. The maximum Gasteiger partial charge on any atom is 0.490 e. The zero-order chi connectivity index (χ0) is 23.0. The molecule has 174 valence electrons. The number of carboxylic acids is 1. The van der Waals surface area contributed by atoms with Crippen molar-refractivity contribution in [1.82, 2.24) is 34.8 Å². The molecule has 2 atom stereocenters. The van der Waals surface area contributed by atoms with Gasteiger partial charge in [0, 0.05) is 57.4 Å². The molecule has 0 spiro atoms. The minimum absolute atomic E-state index is 0.0649. The topological polar surface area (TPSA) is 118 Å². The van der Waals surface area contributed by atoms with Crippen LogP contribution in [0.4, 0.5) is 13.2 Å². The first-order valence-electron chi connectivity index (χ1n) is 10.3. The normalized spacial score (nSPS) is 22.5. The summed E-state index contributed by atoms with van der Waals surface area (Å²) in [5, 5.41) is 22.9. The Hall–Kier alpha value is -2.96. The molecule has 0 aromatic carbocycles. The van der Waals surface area contributed by atoms with Crippen LogP contribution in [0.1, 0.15) is 34.8 Å². The molecule has 2 unspecified atom stereocenters. The third-order valence-corrected chi connectivity index (χ3v) is 5.86. The van der Waals surface area contributed by atoms with E-state index in [1.165, 1.54) is 5.56 Å². The molecule has 32 heavy (non-hydrogen) atoms. The van der Waals surface area contributed by atoms with E-state index in [9.17, 15) is 18.0 Å². The number of hydrogen-bond acceptors (Lipinski definition) is 6. The molecule has 10 nitrogen and oxygen atoms in total. The molecule has 13 heteroatoms. The number of halogens is 3. The van der Waals surface area contributed by atoms with Gasteiger partial charge in [0.05, 0.1) is 6.20 Å². The van der Waals surface area contributed by atoms with Crippen LogP contribution in [-0.4, -0.2) is 71.7 Å². The molecule has 2 N–H and O–H groups in total. The van der Waals surface area contributed by atoms with Gasteiger partial charge >= 0.3 is 12.1 Å². The highest BCUT2D eigenvalue weighted by Crippen LogP contribution is 2.33. The highest BCUT2D eigenvalue weighted by atomic mass is 19.4. The highest BCUT2D eigenvalue weighted by Gasteiger charge is 2.40. The number of likely N-dealkylation sites (tertiary alicyclic amines) is 1. The Bertz CT molecular complexity index is 999. The fourth-order valence-electron chi connectivity index (χ4n) is 4.21. The van der Waals surface area contributed by atoms with Gasteiger partial charge in [-0.25, -0.2) is 4.79 Å². The first kappa shape index (κ1) is 22.2. The summed E-state index contributed by atoms with van der Waals surface area (Å²) in [6, 6.07) is 0.346. The van der Waals surface area contributed by atoms with Crippen molar-refractivity contribution in [3.05, 3.63) is 29.6 Å². The lowest BCUT2D eigenvalue weighted by atomic mass is 9.89. The summed E-state index contributed by atoms with van der Waals surface area (Å²) in [7, 11) is 1.95. The number of carbonyl (C=O) groups is 2. The fourth-order valence-corrected chi connectivity index (χ4v) is 4.21. The van der Waals surface area contributed by atoms with E-state index in [2.05, 4.69) is 31.7 Å². The zero-order valence-corrected chi connectivity index (χ0v) is 17.4. The number of nitrogens with one attached hydrogen (secondary N) is 1. The van der Waals surface area contributed by atoms with E-state index >= 15 is 0 Å². The van der Waals surface area contributed by atoms with E-state index in [1.54, 1.807) is 0 Å². The number of nitrogens with zero attached hydrogens (tertiary/aromatic N) is 6. The largest absolute Gasteiger partial charge is 0.490 e. The molecule has 2 aliphatic heterocycles. The van der Waals surface area contributed by atoms with Crippen LogP contribution in [0.15, 0.2) is 12.4 Å². The van der Waals surface area contributed by atoms with Crippen molar-refractivity contribution in [1.29, 1.82) is 0 Å². The van der Waals surface area contributed by atoms with E-state index < -0.39 is 12.1 Å². The molecule has 1 aliphatic carbocycles. The number of carboxylic acid groups (broad SMARTS) is 1. The molecule has 1 saturated carbocycles. The summed E-state index contributed by atoms with van der Waals surface area (Å²) in [5.41, 5.74) is 1.25. The third kappa shape index (κ3) is 5.09. The molecule has 1 saturated heterocycles. The van der Waals surface area contributed by atoms with Crippen molar-refractivity contribution in [2.75, 3.05) is 13.1 Å². The van der Waals surface area contributed by atoms with Crippen molar-refractivity contribution in [2.24, 2.45) is 18.9 Å². The van der Waals surface area contributed by atoms with Crippen molar-refractivity contribution in [3.8, 4) is 0 Å². The molecule has 2 fully saturated rings. The summed E-state index contributed by atoms with van der Waals surface area (Å²) in [6.45, 7) is 3.93. The van der Waals surface area contributed by atoms with Crippen LogP contribution in [0.3, 0.4) is 0 Å². The van der Waals surface area contributed by atoms with Gasteiger partial charge in [-0.1, -0.05) is 0 Å². The van der Waals surface area contributed by atoms with Crippen LogP contribution in [-0.2, 0) is 31.4 Å². The number of amides is 1. The van der Waals surface area contributed by atoms with Crippen molar-refractivity contribution in [3.63, 3.8) is 0 Å². The van der Waals surface area contributed by atoms with Gasteiger partial charge in [-0.2, -0.15) is 18.3 Å². The SMILES string of the molecule is Cn1cc(CN2CC3Cc4nnc(C(=O)NC5CC5)n4CC3C2)cn1.O=C(O)C(F)(F)F. The Kier molecular flexibility index (Phi) is 5.93. The Labute approximate surface area is 181 Å². The zero-order valence-electron chi connectivity index (χ0n) is 17.4. The Morgan fingerprint density at radius 3 is 2.47 bits per heavy atom. The number of aromatic nitrogens is 5. The summed E-state index contributed by atoms with van der Waals surface area (Å²) < 4.78 is 35.6. The van der Waals surface area contributed by atoms with E-state index in [-0.39, 0.29) is 5.91 Å². The molecule has 2 aromatic rings. The molecular weight excluding hydrogens is 431 g/mol. The van der Waals surface area contributed by atoms with E-state index in [4.69, 9.17) is 9.90 Å². The first-order chi connectivity index (χ1) is 15.1. The second kappa shape index (κ2) is 8.52. The van der Waals surface area contributed by atoms with Crippen molar-refractivity contribution < 1.29 is 27.9 Å². The van der Waals surface area contributed by atoms with Gasteiger partial charge in [0.15, 0.2) is 0 Å². The van der Waals surface area contributed by atoms with E-state index in [0.717, 1.165) is 51.3 Å². The van der Waals surface area contributed by atoms with Gasteiger partial charge in [-0.05, 0) is 24.7 Å². The molecule has 5 rings (SSSR count). The van der Waals surface area contributed by atoms with Gasteiger partial charge in [0.2, 0.25) is 5.82 Å². The average molecular weight is 455 g/mol. The van der Waals surface area contributed by atoms with Crippen LogP contribution >= 0.6 is 0 Å². The molecule has 1 amide bonds. The number of alkyl halides is 3. The lowest BCUT2D eigenvalue weighted by Gasteiger charge is -2.25. The molecule has 0 radical (unpaired) electrons. The quantitative estimate of drug-likeness (QED) is 0.702. The van der Waals surface area contributed by atoms with Gasteiger partial charge in [-0.15, -0.1) is 10.2 Å². The smallest absolute Gasteiger partial charge is 0.475 e. The van der Waals surface area contributed by atoms with E-state index in [0.29, 0.717) is 23.7 Å².